The number of nitrogens with zero attached hydrogens (tertiary/aromatic N) is 2. The molecule has 2 rings (SSSR count). The summed E-state index contributed by atoms with van der Waals surface area (Å²) in [5.74, 6) is 0.892. The Balaban J connectivity index is 1.67. The van der Waals surface area contributed by atoms with Gasteiger partial charge in [-0.05, 0) is 38.2 Å². The van der Waals surface area contributed by atoms with Crippen LogP contribution in [-0.4, -0.2) is 22.4 Å². The highest BCUT2D eigenvalue weighted by atomic mass is 15.3. The summed E-state index contributed by atoms with van der Waals surface area (Å²) in [6.45, 7) is 6.43. The molecule has 1 atom stereocenters. The first-order chi connectivity index (χ1) is 8.25. The second-order valence-electron chi connectivity index (χ2n) is 5.42. The molecule has 0 aromatic carbocycles. The monoisotopic (exact) mass is 235 g/mol. The lowest BCUT2D eigenvalue weighted by molar-refractivity contribution is 0.279. The molecule has 1 aromatic heterocycles. The second-order valence-corrected chi connectivity index (χ2v) is 5.42. The van der Waals surface area contributed by atoms with Gasteiger partial charge in [-0.2, -0.15) is 5.10 Å². The Kier molecular flexibility index (Phi) is 4.60. The highest BCUT2D eigenvalue weighted by Crippen LogP contribution is 2.26. The molecule has 1 aliphatic carbocycles. The fourth-order valence-electron chi connectivity index (χ4n) is 2.80. The molecule has 1 heterocycles. The van der Waals surface area contributed by atoms with Crippen LogP contribution in [0.25, 0.3) is 0 Å². The average Bonchev–Trinajstić information content (AvgIpc) is 2.76. The summed E-state index contributed by atoms with van der Waals surface area (Å²) in [5, 5.41) is 7.95. The third-order valence-electron chi connectivity index (χ3n) is 3.93. The Morgan fingerprint density at radius 2 is 2.18 bits per heavy atom. The topological polar surface area (TPSA) is 29.9 Å². The smallest absolute Gasteiger partial charge is 0.0534 e. The molecule has 1 saturated carbocycles. The average molecular weight is 235 g/mol. The van der Waals surface area contributed by atoms with Crippen LogP contribution in [0.2, 0.25) is 0 Å². The Hall–Kier alpha value is -0.830. The van der Waals surface area contributed by atoms with E-state index in [1.54, 1.807) is 0 Å². The predicted molar refractivity (Wildman–Crippen MR) is 71.0 cm³/mol. The number of nitrogens with one attached hydrogen (secondary N) is 1. The van der Waals surface area contributed by atoms with Crippen molar-refractivity contribution >= 4 is 0 Å². The zero-order chi connectivity index (χ0) is 12.1. The van der Waals surface area contributed by atoms with Crippen molar-refractivity contribution < 1.29 is 0 Å². The van der Waals surface area contributed by atoms with Gasteiger partial charge in [-0.15, -0.1) is 0 Å². The maximum absolute atomic E-state index is 4.30. The van der Waals surface area contributed by atoms with Gasteiger partial charge in [-0.3, -0.25) is 4.68 Å². The van der Waals surface area contributed by atoms with E-state index in [4.69, 9.17) is 0 Å². The zero-order valence-corrected chi connectivity index (χ0v) is 11.2. The molecule has 1 aromatic rings. The molecule has 0 bridgehead atoms. The van der Waals surface area contributed by atoms with E-state index in [9.17, 15) is 0 Å². The molecular weight excluding hydrogens is 210 g/mol. The molecule has 0 spiro atoms. The summed E-state index contributed by atoms with van der Waals surface area (Å²) in [4.78, 5) is 0. The minimum absolute atomic E-state index is 0.659. The van der Waals surface area contributed by atoms with E-state index in [-0.39, 0.29) is 0 Å². The maximum Gasteiger partial charge on any atom is 0.0534 e. The molecule has 1 N–H and O–H groups in total. The van der Waals surface area contributed by atoms with E-state index in [2.05, 4.69) is 30.5 Å². The summed E-state index contributed by atoms with van der Waals surface area (Å²) >= 11 is 0. The lowest BCUT2D eigenvalue weighted by atomic mass is 9.84. The van der Waals surface area contributed by atoms with Gasteiger partial charge in [0, 0.05) is 18.8 Å². The molecule has 1 aliphatic rings. The van der Waals surface area contributed by atoms with Gasteiger partial charge in [0.2, 0.25) is 0 Å². The molecule has 0 radical (unpaired) electrons. The largest absolute Gasteiger partial charge is 0.312 e. The van der Waals surface area contributed by atoms with Crippen LogP contribution < -0.4 is 5.32 Å². The minimum Gasteiger partial charge on any atom is -0.312 e. The Morgan fingerprint density at radius 1 is 1.41 bits per heavy atom. The van der Waals surface area contributed by atoms with E-state index in [1.165, 1.54) is 37.7 Å². The van der Waals surface area contributed by atoms with Crippen LogP contribution in [0.15, 0.2) is 12.4 Å². The van der Waals surface area contributed by atoms with Crippen molar-refractivity contribution in [2.75, 3.05) is 6.54 Å². The van der Waals surface area contributed by atoms with Gasteiger partial charge in [0.1, 0.15) is 0 Å². The SMILES string of the molecule is Cc1cnn(CCN[C@H](C)C2CCCCC2)c1. The second kappa shape index (κ2) is 6.20. The van der Waals surface area contributed by atoms with Crippen molar-refractivity contribution in [3.05, 3.63) is 18.0 Å². The molecule has 96 valence electrons. The highest BCUT2D eigenvalue weighted by Gasteiger charge is 2.19. The number of aromatic nitrogens is 2. The van der Waals surface area contributed by atoms with Crippen molar-refractivity contribution in [1.29, 1.82) is 0 Å². The fraction of sp³-hybridized carbons (Fsp3) is 0.786. The van der Waals surface area contributed by atoms with Crippen LogP contribution in [0, 0.1) is 12.8 Å². The summed E-state index contributed by atoms with van der Waals surface area (Å²) in [7, 11) is 0. The molecule has 17 heavy (non-hydrogen) atoms. The van der Waals surface area contributed by atoms with Crippen LogP contribution in [-0.2, 0) is 6.54 Å². The fourth-order valence-corrected chi connectivity index (χ4v) is 2.80. The van der Waals surface area contributed by atoms with Crippen LogP contribution in [0.3, 0.4) is 0 Å². The normalized spacial score (nSPS) is 19.4. The van der Waals surface area contributed by atoms with Crippen LogP contribution in [0.5, 0.6) is 0 Å². The van der Waals surface area contributed by atoms with Crippen LogP contribution in [0.1, 0.15) is 44.6 Å². The third kappa shape index (κ3) is 3.84. The lowest BCUT2D eigenvalue weighted by Gasteiger charge is -2.28. The Morgan fingerprint density at radius 3 is 2.82 bits per heavy atom. The first-order valence-electron chi connectivity index (χ1n) is 6.98. The molecule has 3 nitrogen and oxygen atoms in total. The Bertz CT molecular complexity index is 326. The summed E-state index contributed by atoms with van der Waals surface area (Å²) in [6, 6.07) is 0.659. The van der Waals surface area contributed by atoms with Crippen molar-refractivity contribution in [3.63, 3.8) is 0 Å². The number of hydrogen-bond acceptors (Lipinski definition) is 2. The van der Waals surface area contributed by atoms with E-state index < -0.39 is 0 Å². The number of rotatable bonds is 5. The third-order valence-corrected chi connectivity index (χ3v) is 3.93. The molecule has 0 unspecified atom stereocenters. The van der Waals surface area contributed by atoms with Gasteiger partial charge in [0.15, 0.2) is 0 Å². The minimum atomic E-state index is 0.659. The van der Waals surface area contributed by atoms with E-state index in [0.717, 1.165) is 19.0 Å². The quantitative estimate of drug-likeness (QED) is 0.850. The van der Waals surface area contributed by atoms with E-state index in [0.29, 0.717) is 6.04 Å². The van der Waals surface area contributed by atoms with Crippen molar-refractivity contribution in [3.8, 4) is 0 Å². The molecule has 3 heteroatoms. The number of aryl methyl sites for hydroxylation is 1. The first-order valence-corrected chi connectivity index (χ1v) is 6.98. The summed E-state index contributed by atoms with van der Waals surface area (Å²) < 4.78 is 2.02. The van der Waals surface area contributed by atoms with Crippen molar-refractivity contribution in [2.45, 2.75) is 58.5 Å². The van der Waals surface area contributed by atoms with Crippen molar-refractivity contribution in [1.82, 2.24) is 15.1 Å². The lowest BCUT2D eigenvalue weighted by Crippen LogP contribution is -2.36. The van der Waals surface area contributed by atoms with Crippen LogP contribution in [0.4, 0.5) is 0 Å². The molecular formula is C14H25N3. The molecule has 0 amide bonds. The van der Waals surface area contributed by atoms with E-state index >= 15 is 0 Å². The maximum atomic E-state index is 4.30. The molecule has 1 fully saturated rings. The molecule has 0 aliphatic heterocycles. The predicted octanol–water partition coefficient (Wildman–Crippen LogP) is 2.75. The standard InChI is InChI=1S/C14H25N3/c1-12-10-16-17(11-12)9-8-15-13(2)14-6-4-3-5-7-14/h10-11,13-15H,3-9H2,1-2H3/t13-/m1/s1. The van der Waals surface area contributed by atoms with Gasteiger partial charge in [-0.1, -0.05) is 19.3 Å². The van der Waals surface area contributed by atoms with Gasteiger partial charge in [-0.25, -0.2) is 0 Å². The van der Waals surface area contributed by atoms with Gasteiger partial charge in [0.05, 0.1) is 12.7 Å². The van der Waals surface area contributed by atoms with Gasteiger partial charge < -0.3 is 5.32 Å². The number of hydrogen-bond donors (Lipinski definition) is 1. The summed E-state index contributed by atoms with van der Waals surface area (Å²) in [5.41, 5.74) is 1.24. The van der Waals surface area contributed by atoms with Crippen molar-refractivity contribution in [2.24, 2.45) is 5.92 Å². The highest BCUT2D eigenvalue weighted by molar-refractivity contribution is 4.99. The first kappa shape index (κ1) is 12.6. The van der Waals surface area contributed by atoms with Gasteiger partial charge >= 0.3 is 0 Å². The Labute approximate surface area is 105 Å². The van der Waals surface area contributed by atoms with E-state index in [1.807, 2.05) is 10.9 Å². The van der Waals surface area contributed by atoms with Gasteiger partial charge in [0.25, 0.3) is 0 Å². The molecule has 0 saturated heterocycles. The summed E-state index contributed by atoms with van der Waals surface area (Å²) in [6.07, 6.45) is 11.1. The zero-order valence-electron chi connectivity index (χ0n) is 11.2. The van der Waals surface area contributed by atoms with Crippen LogP contribution >= 0.6 is 0 Å².